The Morgan fingerprint density at radius 3 is 3.00 bits per heavy atom. The molecule has 1 amide bonds. The molecule has 0 spiro atoms. The first-order chi connectivity index (χ1) is 8.66. The molecule has 2 atom stereocenters. The highest BCUT2D eigenvalue weighted by Crippen LogP contribution is 2.22. The Bertz CT molecular complexity index is 405. The Labute approximate surface area is 112 Å². The summed E-state index contributed by atoms with van der Waals surface area (Å²) >= 11 is 1.65. The van der Waals surface area contributed by atoms with Crippen molar-refractivity contribution >= 4 is 17.2 Å². The predicted octanol–water partition coefficient (Wildman–Crippen LogP) is 1.63. The first kappa shape index (κ1) is 13.5. The summed E-state index contributed by atoms with van der Waals surface area (Å²) in [6.07, 6.45) is 4.99. The number of nitrogens with two attached hydrogens (primary N) is 1. The molecule has 0 saturated heterocycles. The second-order valence-corrected chi connectivity index (χ2v) is 6.02. The van der Waals surface area contributed by atoms with Gasteiger partial charge in [-0.25, -0.2) is 4.98 Å². The van der Waals surface area contributed by atoms with Gasteiger partial charge in [0.05, 0.1) is 16.6 Å². The summed E-state index contributed by atoms with van der Waals surface area (Å²) in [5, 5.41) is 6.11. The van der Waals surface area contributed by atoms with Crippen LogP contribution in [0.1, 0.15) is 36.4 Å². The summed E-state index contributed by atoms with van der Waals surface area (Å²) in [5.74, 6) is 0.130. The van der Waals surface area contributed by atoms with E-state index < -0.39 is 0 Å². The minimum absolute atomic E-state index is 0.0101. The summed E-state index contributed by atoms with van der Waals surface area (Å²) in [6, 6.07) is 0.0419. The zero-order valence-corrected chi connectivity index (χ0v) is 11.6. The highest BCUT2D eigenvalue weighted by molar-refractivity contribution is 7.09. The van der Waals surface area contributed by atoms with E-state index in [1.54, 1.807) is 11.3 Å². The zero-order valence-electron chi connectivity index (χ0n) is 10.8. The average Bonchev–Trinajstić information content (AvgIpc) is 2.75. The van der Waals surface area contributed by atoms with E-state index >= 15 is 0 Å². The van der Waals surface area contributed by atoms with Crippen molar-refractivity contribution in [1.82, 2.24) is 10.3 Å². The fourth-order valence-corrected chi connectivity index (χ4v) is 3.10. The molecule has 1 fully saturated rings. The SMILES string of the molecule is Cc1nc(CCNC(=O)C2CCCCC2N)cs1. The average molecular weight is 267 g/mol. The zero-order chi connectivity index (χ0) is 13.0. The van der Waals surface area contributed by atoms with Crippen LogP contribution in [0.5, 0.6) is 0 Å². The molecule has 18 heavy (non-hydrogen) atoms. The van der Waals surface area contributed by atoms with Crippen molar-refractivity contribution in [2.45, 2.75) is 45.1 Å². The van der Waals surface area contributed by atoms with Crippen molar-refractivity contribution in [2.75, 3.05) is 6.54 Å². The molecule has 1 aromatic rings. The fourth-order valence-electron chi connectivity index (χ4n) is 2.45. The fraction of sp³-hybridized carbons (Fsp3) is 0.692. The van der Waals surface area contributed by atoms with E-state index in [1.807, 2.05) is 12.3 Å². The Morgan fingerprint density at radius 1 is 1.56 bits per heavy atom. The summed E-state index contributed by atoms with van der Waals surface area (Å²) in [5.41, 5.74) is 7.06. The summed E-state index contributed by atoms with van der Waals surface area (Å²) < 4.78 is 0. The van der Waals surface area contributed by atoms with Crippen LogP contribution in [0, 0.1) is 12.8 Å². The molecule has 0 radical (unpaired) electrons. The highest BCUT2D eigenvalue weighted by Gasteiger charge is 2.27. The molecule has 3 N–H and O–H groups in total. The standard InChI is InChI=1S/C13H21N3OS/c1-9-16-10(8-18-9)6-7-15-13(17)11-4-2-3-5-12(11)14/h8,11-12H,2-7,14H2,1H3,(H,15,17). The van der Waals surface area contributed by atoms with E-state index in [2.05, 4.69) is 10.3 Å². The van der Waals surface area contributed by atoms with Gasteiger partial charge < -0.3 is 11.1 Å². The van der Waals surface area contributed by atoms with E-state index in [4.69, 9.17) is 5.73 Å². The molecule has 1 aliphatic rings. The summed E-state index contributed by atoms with van der Waals surface area (Å²) in [7, 11) is 0. The minimum Gasteiger partial charge on any atom is -0.355 e. The van der Waals surface area contributed by atoms with Gasteiger partial charge in [-0.3, -0.25) is 4.79 Å². The largest absolute Gasteiger partial charge is 0.355 e. The van der Waals surface area contributed by atoms with Crippen LogP contribution in [0.3, 0.4) is 0 Å². The van der Waals surface area contributed by atoms with Gasteiger partial charge in [0.25, 0.3) is 0 Å². The predicted molar refractivity (Wildman–Crippen MR) is 73.5 cm³/mol. The van der Waals surface area contributed by atoms with Crippen molar-refractivity contribution in [1.29, 1.82) is 0 Å². The Balaban J connectivity index is 1.74. The van der Waals surface area contributed by atoms with Gasteiger partial charge in [-0.2, -0.15) is 0 Å². The molecule has 1 heterocycles. The monoisotopic (exact) mass is 267 g/mol. The van der Waals surface area contributed by atoms with E-state index in [1.165, 1.54) is 0 Å². The molecule has 0 bridgehead atoms. The van der Waals surface area contributed by atoms with Gasteiger partial charge in [-0.15, -0.1) is 11.3 Å². The highest BCUT2D eigenvalue weighted by atomic mass is 32.1. The van der Waals surface area contributed by atoms with Gasteiger partial charge in [-0.1, -0.05) is 12.8 Å². The lowest BCUT2D eigenvalue weighted by molar-refractivity contribution is -0.126. The lowest BCUT2D eigenvalue weighted by atomic mass is 9.84. The molecule has 100 valence electrons. The third-order valence-electron chi connectivity index (χ3n) is 3.50. The first-order valence-corrected chi connectivity index (χ1v) is 7.49. The van der Waals surface area contributed by atoms with Crippen LogP contribution in [0.4, 0.5) is 0 Å². The topological polar surface area (TPSA) is 68.0 Å². The van der Waals surface area contributed by atoms with Crippen molar-refractivity contribution in [3.8, 4) is 0 Å². The van der Waals surface area contributed by atoms with Crippen LogP contribution in [-0.4, -0.2) is 23.5 Å². The van der Waals surface area contributed by atoms with Gasteiger partial charge in [0.2, 0.25) is 5.91 Å². The molecule has 1 saturated carbocycles. The van der Waals surface area contributed by atoms with Crippen LogP contribution >= 0.6 is 11.3 Å². The lowest BCUT2D eigenvalue weighted by Crippen LogP contribution is -2.44. The lowest BCUT2D eigenvalue weighted by Gasteiger charge is -2.27. The molecule has 1 aliphatic carbocycles. The van der Waals surface area contributed by atoms with Crippen molar-refractivity contribution in [2.24, 2.45) is 11.7 Å². The van der Waals surface area contributed by atoms with Gasteiger partial charge in [0.15, 0.2) is 0 Å². The number of rotatable bonds is 4. The number of thiazole rings is 1. The second kappa shape index (κ2) is 6.29. The van der Waals surface area contributed by atoms with E-state index in [9.17, 15) is 4.79 Å². The molecule has 2 unspecified atom stereocenters. The first-order valence-electron chi connectivity index (χ1n) is 6.61. The van der Waals surface area contributed by atoms with Crippen LogP contribution < -0.4 is 11.1 Å². The molecule has 1 aromatic heterocycles. The van der Waals surface area contributed by atoms with Crippen molar-refractivity contribution in [3.63, 3.8) is 0 Å². The molecular weight excluding hydrogens is 246 g/mol. The number of amides is 1. The number of aryl methyl sites for hydroxylation is 1. The number of aromatic nitrogens is 1. The molecule has 5 heteroatoms. The van der Waals surface area contributed by atoms with Crippen LogP contribution in [0.2, 0.25) is 0 Å². The van der Waals surface area contributed by atoms with E-state index in [0.717, 1.165) is 42.8 Å². The number of carbonyl (C=O) groups is 1. The van der Waals surface area contributed by atoms with Gasteiger partial charge >= 0.3 is 0 Å². The van der Waals surface area contributed by atoms with Crippen LogP contribution in [0.25, 0.3) is 0 Å². The van der Waals surface area contributed by atoms with Crippen molar-refractivity contribution in [3.05, 3.63) is 16.1 Å². The van der Waals surface area contributed by atoms with Crippen LogP contribution in [0.15, 0.2) is 5.38 Å². The minimum atomic E-state index is 0.0101. The Kier molecular flexibility index (Phi) is 4.72. The van der Waals surface area contributed by atoms with Gasteiger partial charge in [0, 0.05) is 24.4 Å². The third kappa shape index (κ3) is 3.53. The number of hydrogen-bond acceptors (Lipinski definition) is 4. The number of nitrogens with one attached hydrogen (secondary N) is 1. The summed E-state index contributed by atoms with van der Waals surface area (Å²) in [6.45, 7) is 2.65. The Morgan fingerprint density at radius 2 is 2.33 bits per heavy atom. The van der Waals surface area contributed by atoms with Gasteiger partial charge in [0.1, 0.15) is 0 Å². The number of hydrogen-bond donors (Lipinski definition) is 2. The normalized spacial score (nSPS) is 23.9. The molecular formula is C13H21N3OS. The maximum Gasteiger partial charge on any atom is 0.224 e. The third-order valence-corrected chi connectivity index (χ3v) is 4.33. The van der Waals surface area contributed by atoms with E-state index in [-0.39, 0.29) is 17.9 Å². The molecule has 0 aromatic carbocycles. The molecule has 2 rings (SSSR count). The number of nitrogens with zero attached hydrogens (tertiary/aromatic N) is 1. The summed E-state index contributed by atoms with van der Waals surface area (Å²) in [4.78, 5) is 16.4. The molecule has 4 nitrogen and oxygen atoms in total. The maximum atomic E-state index is 12.0. The maximum absolute atomic E-state index is 12.0. The smallest absolute Gasteiger partial charge is 0.224 e. The van der Waals surface area contributed by atoms with Gasteiger partial charge in [-0.05, 0) is 19.8 Å². The second-order valence-electron chi connectivity index (χ2n) is 4.95. The number of carbonyl (C=O) groups excluding carboxylic acids is 1. The van der Waals surface area contributed by atoms with Crippen molar-refractivity contribution < 1.29 is 4.79 Å². The molecule has 0 aliphatic heterocycles. The van der Waals surface area contributed by atoms with Crippen LogP contribution in [-0.2, 0) is 11.2 Å². The quantitative estimate of drug-likeness (QED) is 0.871. The van der Waals surface area contributed by atoms with E-state index in [0.29, 0.717) is 6.54 Å². The Hall–Kier alpha value is -0.940.